The molecule has 0 radical (unpaired) electrons. The van der Waals surface area contributed by atoms with Gasteiger partial charge < -0.3 is 5.32 Å². The lowest BCUT2D eigenvalue weighted by molar-refractivity contribution is 0.0890. The first-order chi connectivity index (χ1) is 9.62. The average molecular weight is 310 g/mol. The van der Waals surface area contributed by atoms with Crippen molar-refractivity contribution < 1.29 is 13.2 Å². The zero-order valence-corrected chi connectivity index (χ0v) is 13.5. The average Bonchev–Trinajstić information content (AvgIpc) is 2.35. The summed E-state index contributed by atoms with van der Waals surface area (Å²) in [6, 6.07) is 2.85. The molecule has 0 aromatic heterocycles. The van der Waals surface area contributed by atoms with Crippen molar-refractivity contribution in [2.24, 2.45) is 10.6 Å². The molecule has 1 aliphatic carbocycles. The van der Waals surface area contributed by atoms with Crippen LogP contribution in [0, 0.1) is 19.3 Å². The summed E-state index contributed by atoms with van der Waals surface area (Å²) in [6.45, 7) is 6.34. The molecule has 1 aromatic carbocycles. The van der Waals surface area contributed by atoms with Gasteiger partial charge in [0, 0.05) is 12.1 Å². The minimum atomic E-state index is -3.81. The molecule has 0 heterocycles. The van der Waals surface area contributed by atoms with Crippen LogP contribution in [-0.2, 0) is 10.0 Å². The molecular formula is C15H22N2O3S. The third-order valence-electron chi connectivity index (χ3n) is 4.45. The van der Waals surface area contributed by atoms with Crippen LogP contribution >= 0.6 is 0 Å². The van der Waals surface area contributed by atoms with Crippen LogP contribution in [0.15, 0.2) is 17.0 Å². The smallest absolute Gasteiger partial charge is 0.251 e. The Kier molecular flexibility index (Phi) is 4.13. The van der Waals surface area contributed by atoms with Gasteiger partial charge in [-0.05, 0) is 55.4 Å². The van der Waals surface area contributed by atoms with Crippen LogP contribution in [0.5, 0.6) is 0 Å². The van der Waals surface area contributed by atoms with Gasteiger partial charge in [-0.3, -0.25) is 4.79 Å². The van der Waals surface area contributed by atoms with Crippen molar-refractivity contribution in [1.29, 1.82) is 0 Å². The SMILES string of the molecule is Cc1cc(S(N)(=O)=O)cc(C(=O)NCC2(C)CCC2)c1C. The van der Waals surface area contributed by atoms with E-state index in [2.05, 4.69) is 12.2 Å². The quantitative estimate of drug-likeness (QED) is 0.889. The van der Waals surface area contributed by atoms with Crippen LogP contribution in [0.4, 0.5) is 0 Å². The minimum absolute atomic E-state index is 0.0226. The van der Waals surface area contributed by atoms with Gasteiger partial charge in [-0.2, -0.15) is 0 Å². The molecule has 2 rings (SSSR count). The Morgan fingerprint density at radius 1 is 1.33 bits per heavy atom. The highest BCUT2D eigenvalue weighted by Gasteiger charge is 2.32. The fourth-order valence-corrected chi connectivity index (χ4v) is 3.20. The largest absolute Gasteiger partial charge is 0.351 e. The van der Waals surface area contributed by atoms with Gasteiger partial charge in [0.05, 0.1) is 4.90 Å². The maximum Gasteiger partial charge on any atom is 0.251 e. The van der Waals surface area contributed by atoms with Crippen LogP contribution < -0.4 is 10.5 Å². The number of rotatable bonds is 4. The third-order valence-corrected chi connectivity index (χ3v) is 5.34. The summed E-state index contributed by atoms with van der Waals surface area (Å²) < 4.78 is 23.0. The summed E-state index contributed by atoms with van der Waals surface area (Å²) in [6.07, 6.45) is 3.43. The molecule has 0 unspecified atom stereocenters. The summed E-state index contributed by atoms with van der Waals surface area (Å²) in [4.78, 5) is 12.3. The van der Waals surface area contributed by atoms with Crippen molar-refractivity contribution in [1.82, 2.24) is 5.32 Å². The molecule has 1 amide bonds. The van der Waals surface area contributed by atoms with Gasteiger partial charge in [-0.25, -0.2) is 13.6 Å². The second-order valence-electron chi connectivity index (χ2n) is 6.30. The van der Waals surface area contributed by atoms with Gasteiger partial charge in [-0.1, -0.05) is 13.3 Å². The van der Waals surface area contributed by atoms with Crippen molar-refractivity contribution in [2.45, 2.75) is 44.9 Å². The first-order valence-electron chi connectivity index (χ1n) is 7.05. The number of primary sulfonamides is 1. The monoisotopic (exact) mass is 310 g/mol. The fraction of sp³-hybridized carbons (Fsp3) is 0.533. The predicted molar refractivity (Wildman–Crippen MR) is 81.6 cm³/mol. The molecule has 3 N–H and O–H groups in total. The lowest BCUT2D eigenvalue weighted by atomic mass is 9.70. The Morgan fingerprint density at radius 3 is 2.43 bits per heavy atom. The minimum Gasteiger partial charge on any atom is -0.351 e. The number of carbonyl (C=O) groups is 1. The second kappa shape index (κ2) is 5.42. The molecule has 1 saturated carbocycles. The van der Waals surface area contributed by atoms with E-state index in [0.29, 0.717) is 12.1 Å². The molecule has 1 fully saturated rings. The van der Waals surface area contributed by atoms with Crippen molar-refractivity contribution in [3.63, 3.8) is 0 Å². The lowest BCUT2D eigenvalue weighted by Gasteiger charge is -2.38. The Bertz CT molecular complexity index is 676. The number of aryl methyl sites for hydroxylation is 1. The Hall–Kier alpha value is -1.40. The molecule has 1 aliphatic rings. The Balaban J connectivity index is 2.25. The van der Waals surface area contributed by atoms with E-state index in [-0.39, 0.29) is 16.2 Å². The lowest BCUT2D eigenvalue weighted by Crippen LogP contribution is -2.40. The first-order valence-corrected chi connectivity index (χ1v) is 8.59. The normalized spacial score (nSPS) is 17.1. The number of benzene rings is 1. The van der Waals surface area contributed by atoms with Crippen molar-refractivity contribution in [3.8, 4) is 0 Å². The van der Waals surface area contributed by atoms with Gasteiger partial charge >= 0.3 is 0 Å². The Labute approximate surface area is 126 Å². The highest BCUT2D eigenvalue weighted by Crippen LogP contribution is 2.39. The maximum atomic E-state index is 12.3. The fourth-order valence-electron chi connectivity index (χ4n) is 2.57. The van der Waals surface area contributed by atoms with E-state index in [4.69, 9.17) is 5.14 Å². The maximum absolute atomic E-state index is 12.3. The van der Waals surface area contributed by atoms with E-state index in [9.17, 15) is 13.2 Å². The topological polar surface area (TPSA) is 89.3 Å². The molecule has 21 heavy (non-hydrogen) atoms. The molecule has 0 saturated heterocycles. The summed E-state index contributed by atoms with van der Waals surface area (Å²) in [7, 11) is -3.81. The molecule has 116 valence electrons. The number of carbonyl (C=O) groups excluding carboxylic acids is 1. The van der Waals surface area contributed by atoms with E-state index in [1.807, 2.05) is 6.92 Å². The molecule has 6 heteroatoms. The predicted octanol–water partition coefficient (Wildman–Crippen LogP) is 1.87. The van der Waals surface area contributed by atoms with Crippen LogP contribution in [0.2, 0.25) is 0 Å². The highest BCUT2D eigenvalue weighted by atomic mass is 32.2. The number of hydrogen-bond acceptors (Lipinski definition) is 3. The third kappa shape index (κ3) is 3.44. The van der Waals surface area contributed by atoms with E-state index in [1.165, 1.54) is 18.6 Å². The number of hydrogen-bond donors (Lipinski definition) is 2. The highest BCUT2D eigenvalue weighted by molar-refractivity contribution is 7.89. The second-order valence-corrected chi connectivity index (χ2v) is 7.87. The molecule has 0 aliphatic heterocycles. The van der Waals surface area contributed by atoms with Crippen LogP contribution in [0.1, 0.15) is 47.7 Å². The number of nitrogens with two attached hydrogens (primary N) is 1. The van der Waals surface area contributed by atoms with Crippen molar-refractivity contribution in [3.05, 3.63) is 28.8 Å². The molecule has 0 spiro atoms. The molecule has 5 nitrogen and oxygen atoms in total. The molecular weight excluding hydrogens is 288 g/mol. The number of amides is 1. The van der Waals surface area contributed by atoms with E-state index >= 15 is 0 Å². The van der Waals surface area contributed by atoms with Gasteiger partial charge in [0.1, 0.15) is 0 Å². The number of sulfonamides is 1. The van der Waals surface area contributed by atoms with E-state index < -0.39 is 10.0 Å². The summed E-state index contributed by atoms with van der Waals surface area (Å²) in [5.74, 6) is -0.241. The summed E-state index contributed by atoms with van der Waals surface area (Å²) >= 11 is 0. The molecule has 1 aromatic rings. The molecule has 0 bridgehead atoms. The summed E-state index contributed by atoms with van der Waals surface area (Å²) in [5, 5.41) is 8.07. The van der Waals surface area contributed by atoms with Gasteiger partial charge in [0.25, 0.3) is 5.91 Å². The van der Waals surface area contributed by atoms with E-state index in [1.54, 1.807) is 6.92 Å². The van der Waals surface area contributed by atoms with Crippen molar-refractivity contribution in [2.75, 3.05) is 6.54 Å². The first kappa shape index (κ1) is 16.0. The zero-order valence-electron chi connectivity index (χ0n) is 12.7. The van der Waals surface area contributed by atoms with Crippen LogP contribution in [-0.4, -0.2) is 20.9 Å². The van der Waals surface area contributed by atoms with Crippen LogP contribution in [0.3, 0.4) is 0 Å². The zero-order chi connectivity index (χ0) is 15.8. The Morgan fingerprint density at radius 2 is 1.95 bits per heavy atom. The van der Waals surface area contributed by atoms with Crippen LogP contribution in [0.25, 0.3) is 0 Å². The van der Waals surface area contributed by atoms with Gasteiger partial charge in [0.15, 0.2) is 0 Å². The van der Waals surface area contributed by atoms with Crippen molar-refractivity contribution >= 4 is 15.9 Å². The van der Waals surface area contributed by atoms with E-state index in [0.717, 1.165) is 24.0 Å². The number of nitrogens with one attached hydrogen (secondary N) is 1. The standard InChI is InChI=1S/C15H22N2O3S/c1-10-7-12(21(16,19)20)8-13(11(10)2)14(18)17-9-15(3)5-4-6-15/h7-8H,4-6,9H2,1-3H3,(H,17,18)(H2,16,19,20). The summed E-state index contributed by atoms with van der Waals surface area (Å²) in [5.41, 5.74) is 2.07. The molecule has 0 atom stereocenters. The van der Waals surface area contributed by atoms with Gasteiger partial charge in [-0.15, -0.1) is 0 Å². The van der Waals surface area contributed by atoms with Gasteiger partial charge in [0.2, 0.25) is 10.0 Å².